The molecule has 1 aromatic heterocycles. The summed E-state index contributed by atoms with van der Waals surface area (Å²) in [5.41, 5.74) is -1.79. The standard InChI is InChI=1S/C14H12FNO4/c15-14(13(18)19)5-6-16(8-14)12(17)11-7-9-3-1-2-4-10(9)20-11/h1-4,7H,5-6,8H2,(H,18,19). The number of benzene rings is 1. The number of nitrogens with zero attached hydrogens (tertiary/aromatic N) is 1. The van der Waals surface area contributed by atoms with Gasteiger partial charge in [0.2, 0.25) is 5.67 Å². The van der Waals surface area contributed by atoms with Crippen molar-refractivity contribution in [3.8, 4) is 0 Å². The van der Waals surface area contributed by atoms with E-state index >= 15 is 0 Å². The molecule has 0 saturated carbocycles. The molecule has 1 amide bonds. The zero-order valence-corrected chi connectivity index (χ0v) is 10.5. The van der Waals surface area contributed by atoms with E-state index in [4.69, 9.17) is 9.52 Å². The van der Waals surface area contributed by atoms with Gasteiger partial charge in [-0.2, -0.15) is 0 Å². The molecule has 6 heteroatoms. The molecule has 5 nitrogen and oxygen atoms in total. The van der Waals surface area contributed by atoms with Crippen LogP contribution >= 0.6 is 0 Å². The number of amides is 1. The number of halogens is 1. The summed E-state index contributed by atoms with van der Waals surface area (Å²) in [6.07, 6.45) is -0.200. The first kappa shape index (κ1) is 12.7. The first-order valence-electron chi connectivity index (χ1n) is 6.20. The van der Waals surface area contributed by atoms with E-state index in [0.29, 0.717) is 5.58 Å². The van der Waals surface area contributed by atoms with Crippen LogP contribution in [0.4, 0.5) is 4.39 Å². The second-order valence-electron chi connectivity index (χ2n) is 4.90. The number of hydrogen-bond donors (Lipinski definition) is 1. The quantitative estimate of drug-likeness (QED) is 0.912. The average Bonchev–Trinajstić information content (AvgIpc) is 3.02. The van der Waals surface area contributed by atoms with Gasteiger partial charge in [0, 0.05) is 18.4 Å². The molecule has 0 bridgehead atoms. The van der Waals surface area contributed by atoms with E-state index in [1.165, 1.54) is 4.90 Å². The van der Waals surface area contributed by atoms with Crippen LogP contribution in [-0.2, 0) is 4.79 Å². The summed E-state index contributed by atoms with van der Waals surface area (Å²) < 4.78 is 19.4. The number of furan rings is 1. The van der Waals surface area contributed by atoms with Gasteiger partial charge in [-0.15, -0.1) is 0 Å². The molecule has 20 heavy (non-hydrogen) atoms. The molecule has 0 radical (unpaired) electrons. The summed E-state index contributed by atoms with van der Waals surface area (Å²) in [7, 11) is 0. The Morgan fingerprint density at radius 3 is 2.75 bits per heavy atom. The highest BCUT2D eigenvalue weighted by Gasteiger charge is 2.47. The Balaban J connectivity index is 1.85. The van der Waals surface area contributed by atoms with Crippen LogP contribution in [0.25, 0.3) is 11.0 Å². The Bertz CT molecular complexity index is 662. The van der Waals surface area contributed by atoms with Gasteiger partial charge in [0.1, 0.15) is 5.58 Å². The van der Waals surface area contributed by atoms with Crippen molar-refractivity contribution in [2.24, 2.45) is 0 Å². The first-order chi connectivity index (χ1) is 9.49. The van der Waals surface area contributed by atoms with Gasteiger partial charge in [0.15, 0.2) is 5.76 Å². The SMILES string of the molecule is O=C(c1cc2ccccc2o1)N1CCC(F)(C(=O)O)C1. The van der Waals surface area contributed by atoms with Crippen LogP contribution in [0.5, 0.6) is 0 Å². The number of hydrogen-bond acceptors (Lipinski definition) is 3. The molecule has 1 unspecified atom stereocenters. The van der Waals surface area contributed by atoms with Gasteiger partial charge in [-0.3, -0.25) is 4.79 Å². The van der Waals surface area contributed by atoms with Gasteiger partial charge in [0.05, 0.1) is 6.54 Å². The van der Waals surface area contributed by atoms with Crippen LogP contribution in [-0.4, -0.2) is 40.6 Å². The minimum atomic E-state index is -2.36. The predicted octanol–water partition coefficient (Wildman–Crippen LogP) is 2.07. The van der Waals surface area contributed by atoms with Crippen LogP contribution < -0.4 is 0 Å². The lowest BCUT2D eigenvalue weighted by molar-refractivity contribution is -0.149. The summed E-state index contributed by atoms with van der Waals surface area (Å²) >= 11 is 0. The topological polar surface area (TPSA) is 70.8 Å². The molecule has 2 heterocycles. The Labute approximate surface area is 113 Å². The second kappa shape index (κ2) is 4.33. The number of likely N-dealkylation sites (tertiary alicyclic amines) is 1. The third-order valence-corrected chi connectivity index (χ3v) is 3.53. The Kier molecular flexibility index (Phi) is 2.74. The minimum absolute atomic E-state index is 0.0681. The van der Waals surface area contributed by atoms with Crippen LogP contribution in [0.2, 0.25) is 0 Å². The second-order valence-corrected chi connectivity index (χ2v) is 4.90. The van der Waals surface area contributed by atoms with Crippen molar-refractivity contribution < 1.29 is 23.5 Å². The van der Waals surface area contributed by atoms with E-state index < -0.39 is 24.1 Å². The van der Waals surface area contributed by atoms with Crippen molar-refractivity contribution >= 4 is 22.8 Å². The molecule has 0 aliphatic carbocycles. The number of rotatable bonds is 2. The van der Waals surface area contributed by atoms with Crippen LogP contribution in [0.1, 0.15) is 17.0 Å². The number of carbonyl (C=O) groups excluding carboxylic acids is 1. The molecule has 0 spiro atoms. The Morgan fingerprint density at radius 1 is 1.35 bits per heavy atom. The number of alkyl halides is 1. The third-order valence-electron chi connectivity index (χ3n) is 3.53. The van der Waals surface area contributed by atoms with E-state index in [9.17, 15) is 14.0 Å². The minimum Gasteiger partial charge on any atom is -0.479 e. The molecular formula is C14H12FNO4. The Hall–Kier alpha value is -2.37. The lowest BCUT2D eigenvalue weighted by atomic mass is 10.1. The molecule has 1 fully saturated rings. The largest absolute Gasteiger partial charge is 0.479 e. The van der Waals surface area contributed by atoms with Gasteiger partial charge in [-0.05, 0) is 12.1 Å². The number of aliphatic carboxylic acids is 1. The molecule has 1 aliphatic heterocycles. The smallest absolute Gasteiger partial charge is 0.343 e. The zero-order valence-electron chi connectivity index (χ0n) is 10.5. The fourth-order valence-corrected chi connectivity index (χ4v) is 2.36. The van der Waals surface area contributed by atoms with Gasteiger partial charge in [0.25, 0.3) is 5.91 Å². The monoisotopic (exact) mass is 277 g/mol. The predicted molar refractivity (Wildman–Crippen MR) is 68.2 cm³/mol. The van der Waals surface area contributed by atoms with Gasteiger partial charge in [-0.1, -0.05) is 18.2 Å². The highest BCUT2D eigenvalue weighted by molar-refractivity contribution is 5.96. The van der Waals surface area contributed by atoms with E-state index in [1.54, 1.807) is 24.3 Å². The van der Waals surface area contributed by atoms with Crippen molar-refractivity contribution in [1.29, 1.82) is 0 Å². The van der Waals surface area contributed by atoms with E-state index in [1.807, 2.05) is 6.07 Å². The summed E-state index contributed by atoms with van der Waals surface area (Å²) in [5, 5.41) is 9.60. The fraction of sp³-hybridized carbons (Fsp3) is 0.286. The highest BCUT2D eigenvalue weighted by Crippen LogP contribution is 2.28. The number of carboxylic acid groups (broad SMARTS) is 1. The summed E-state index contributed by atoms with van der Waals surface area (Å²) in [6, 6.07) is 8.71. The summed E-state index contributed by atoms with van der Waals surface area (Å²) in [6.45, 7) is -0.378. The van der Waals surface area contributed by atoms with Gasteiger partial charge < -0.3 is 14.4 Å². The van der Waals surface area contributed by atoms with Gasteiger partial charge >= 0.3 is 5.97 Å². The maximum atomic E-state index is 13.9. The molecule has 1 aromatic carbocycles. The Morgan fingerprint density at radius 2 is 2.10 bits per heavy atom. The van der Waals surface area contributed by atoms with Crippen LogP contribution in [0.15, 0.2) is 34.7 Å². The molecule has 3 rings (SSSR count). The number of carboxylic acids is 1. The average molecular weight is 277 g/mol. The molecule has 1 aliphatic rings. The molecule has 2 aromatic rings. The highest BCUT2D eigenvalue weighted by atomic mass is 19.1. The molecular weight excluding hydrogens is 265 g/mol. The summed E-state index contributed by atoms with van der Waals surface area (Å²) in [4.78, 5) is 24.2. The third kappa shape index (κ3) is 1.93. The van der Waals surface area contributed by atoms with Crippen molar-refractivity contribution in [1.82, 2.24) is 4.90 Å². The molecule has 104 valence electrons. The van der Waals surface area contributed by atoms with E-state index in [-0.39, 0.29) is 18.7 Å². The summed E-state index contributed by atoms with van der Waals surface area (Å²) in [5.74, 6) is -1.92. The maximum Gasteiger partial charge on any atom is 0.343 e. The van der Waals surface area contributed by atoms with Crippen molar-refractivity contribution in [2.75, 3.05) is 13.1 Å². The van der Waals surface area contributed by atoms with E-state index in [0.717, 1.165) is 5.39 Å². The number of fused-ring (bicyclic) bond motifs is 1. The molecule has 1 saturated heterocycles. The lowest BCUT2D eigenvalue weighted by Crippen LogP contribution is -2.38. The van der Waals surface area contributed by atoms with Gasteiger partial charge in [-0.25, -0.2) is 9.18 Å². The first-order valence-corrected chi connectivity index (χ1v) is 6.20. The van der Waals surface area contributed by atoms with Crippen LogP contribution in [0, 0.1) is 0 Å². The van der Waals surface area contributed by atoms with E-state index in [2.05, 4.69) is 0 Å². The molecule has 1 N–H and O–H groups in total. The number of para-hydroxylation sites is 1. The van der Waals surface area contributed by atoms with Crippen molar-refractivity contribution in [3.05, 3.63) is 36.1 Å². The lowest BCUT2D eigenvalue weighted by Gasteiger charge is -2.16. The normalized spacial score (nSPS) is 22.4. The molecule has 1 atom stereocenters. The van der Waals surface area contributed by atoms with Crippen molar-refractivity contribution in [3.63, 3.8) is 0 Å². The maximum absolute atomic E-state index is 13.9. The van der Waals surface area contributed by atoms with Crippen LogP contribution in [0.3, 0.4) is 0 Å². The number of carbonyl (C=O) groups is 2. The van der Waals surface area contributed by atoms with Crippen molar-refractivity contribution in [2.45, 2.75) is 12.1 Å². The zero-order chi connectivity index (χ0) is 14.3. The fourth-order valence-electron chi connectivity index (χ4n) is 2.36.